The number of esters is 1. The molecule has 0 atom stereocenters. The topological polar surface area (TPSA) is 46.5 Å². The summed E-state index contributed by atoms with van der Waals surface area (Å²) in [6.07, 6.45) is 7.61. The number of unbranched alkanes of at least 4 members (excludes halogenated alkanes) is 6. The summed E-state index contributed by atoms with van der Waals surface area (Å²) in [5, 5.41) is 8.64. The third-order valence-corrected chi connectivity index (χ3v) is 3.05. The fraction of sp³-hybridized carbons (Fsp3) is 0.562. The van der Waals surface area contributed by atoms with E-state index >= 15 is 0 Å². The Balaban J connectivity index is 1.95. The van der Waals surface area contributed by atoms with Crippen LogP contribution < -0.4 is 0 Å². The van der Waals surface area contributed by atoms with Crippen LogP contribution in [0.25, 0.3) is 0 Å². The maximum Gasteiger partial charge on any atom is 0.338 e. The first kappa shape index (κ1) is 15.7. The van der Waals surface area contributed by atoms with Crippen LogP contribution in [0.2, 0.25) is 0 Å². The molecule has 1 N–H and O–H groups in total. The molecule has 0 bridgehead atoms. The standard InChI is InChI=1S/C16H24O3/c17-13-9-4-2-1-3-5-10-14-19-16(18)15-11-7-6-8-12-15/h6-8,11-12,17H,1-5,9-10,13-14H2. The molecule has 0 saturated carbocycles. The Bertz CT molecular complexity index is 335. The Morgan fingerprint density at radius 2 is 1.47 bits per heavy atom. The number of aliphatic hydroxyl groups is 1. The maximum absolute atomic E-state index is 11.6. The van der Waals surface area contributed by atoms with Gasteiger partial charge in [0.15, 0.2) is 0 Å². The molecule has 0 radical (unpaired) electrons. The van der Waals surface area contributed by atoms with Gasteiger partial charge in [0, 0.05) is 6.61 Å². The lowest BCUT2D eigenvalue weighted by Crippen LogP contribution is -2.06. The second-order valence-electron chi connectivity index (χ2n) is 4.70. The first-order valence-electron chi connectivity index (χ1n) is 7.17. The van der Waals surface area contributed by atoms with E-state index in [0.717, 1.165) is 25.7 Å². The zero-order chi connectivity index (χ0) is 13.8. The Hall–Kier alpha value is -1.35. The number of ether oxygens (including phenoxy) is 1. The van der Waals surface area contributed by atoms with Gasteiger partial charge in [-0.15, -0.1) is 0 Å². The van der Waals surface area contributed by atoms with Crippen LogP contribution in [-0.2, 0) is 4.74 Å². The van der Waals surface area contributed by atoms with E-state index in [9.17, 15) is 4.79 Å². The third-order valence-electron chi connectivity index (χ3n) is 3.05. The highest BCUT2D eigenvalue weighted by Gasteiger charge is 2.04. The molecule has 0 aromatic heterocycles. The van der Waals surface area contributed by atoms with Crippen molar-refractivity contribution >= 4 is 5.97 Å². The molecule has 1 aromatic rings. The van der Waals surface area contributed by atoms with Crippen molar-refractivity contribution in [3.63, 3.8) is 0 Å². The number of carbonyl (C=O) groups excluding carboxylic acids is 1. The lowest BCUT2D eigenvalue weighted by Gasteiger charge is -2.04. The molecule has 0 amide bonds. The Morgan fingerprint density at radius 3 is 2.11 bits per heavy atom. The van der Waals surface area contributed by atoms with Gasteiger partial charge in [0.25, 0.3) is 0 Å². The molecule has 106 valence electrons. The van der Waals surface area contributed by atoms with Crippen LogP contribution >= 0.6 is 0 Å². The van der Waals surface area contributed by atoms with Crippen LogP contribution in [0.4, 0.5) is 0 Å². The maximum atomic E-state index is 11.6. The molecule has 0 fully saturated rings. The van der Waals surface area contributed by atoms with Gasteiger partial charge in [0.05, 0.1) is 12.2 Å². The van der Waals surface area contributed by atoms with E-state index in [4.69, 9.17) is 9.84 Å². The van der Waals surface area contributed by atoms with E-state index in [0.29, 0.717) is 18.8 Å². The predicted molar refractivity (Wildman–Crippen MR) is 76.1 cm³/mol. The zero-order valence-corrected chi connectivity index (χ0v) is 11.5. The summed E-state index contributed by atoms with van der Waals surface area (Å²) in [5.41, 5.74) is 0.617. The highest BCUT2D eigenvalue weighted by Crippen LogP contribution is 2.08. The monoisotopic (exact) mass is 264 g/mol. The van der Waals surface area contributed by atoms with Crippen molar-refractivity contribution in [2.45, 2.75) is 44.9 Å². The second-order valence-corrected chi connectivity index (χ2v) is 4.70. The molecule has 0 heterocycles. The van der Waals surface area contributed by atoms with Gasteiger partial charge in [-0.05, 0) is 25.0 Å². The minimum absolute atomic E-state index is 0.233. The molecule has 0 aliphatic heterocycles. The molecular formula is C16H24O3. The first-order chi connectivity index (χ1) is 9.34. The summed E-state index contributed by atoms with van der Waals surface area (Å²) in [5.74, 6) is -0.233. The molecule has 0 unspecified atom stereocenters. The Labute approximate surface area is 115 Å². The van der Waals surface area contributed by atoms with Gasteiger partial charge in [0.1, 0.15) is 0 Å². The smallest absolute Gasteiger partial charge is 0.338 e. The van der Waals surface area contributed by atoms with Crippen molar-refractivity contribution in [3.8, 4) is 0 Å². The largest absolute Gasteiger partial charge is 0.462 e. The minimum Gasteiger partial charge on any atom is -0.462 e. The van der Waals surface area contributed by atoms with Crippen molar-refractivity contribution in [1.82, 2.24) is 0 Å². The van der Waals surface area contributed by atoms with Gasteiger partial charge in [-0.1, -0.05) is 50.3 Å². The van der Waals surface area contributed by atoms with Crippen LogP contribution in [0, 0.1) is 0 Å². The molecule has 0 aliphatic rings. The second kappa shape index (κ2) is 10.6. The lowest BCUT2D eigenvalue weighted by atomic mass is 10.1. The molecule has 0 saturated heterocycles. The van der Waals surface area contributed by atoms with Crippen LogP contribution in [-0.4, -0.2) is 24.3 Å². The zero-order valence-electron chi connectivity index (χ0n) is 11.5. The van der Waals surface area contributed by atoms with Gasteiger partial charge in [-0.2, -0.15) is 0 Å². The average molecular weight is 264 g/mol. The van der Waals surface area contributed by atoms with Gasteiger partial charge in [0.2, 0.25) is 0 Å². The van der Waals surface area contributed by atoms with E-state index in [1.165, 1.54) is 19.3 Å². The fourth-order valence-electron chi connectivity index (χ4n) is 1.92. The van der Waals surface area contributed by atoms with E-state index in [1.807, 2.05) is 18.2 Å². The first-order valence-corrected chi connectivity index (χ1v) is 7.17. The summed E-state index contributed by atoms with van der Waals surface area (Å²) in [6, 6.07) is 9.09. The average Bonchev–Trinajstić information content (AvgIpc) is 2.46. The number of hydrogen-bond acceptors (Lipinski definition) is 3. The number of rotatable bonds is 10. The molecule has 3 heteroatoms. The summed E-state index contributed by atoms with van der Waals surface area (Å²) in [7, 11) is 0. The van der Waals surface area contributed by atoms with E-state index in [-0.39, 0.29) is 5.97 Å². The van der Waals surface area contributed by atoms with E-state index in [1.54, 1.807) is 12.1 Å². The predicted octanol–water partition coefficient (Wildman–Crippen LogP) is 3.57. The summed E-state index contributed by atoms with van der Waals surface area (Å²) < 4.78 is 5.20. The number of hydrogen-bond donors (Lipinski definition) is 1. The lowest BCUT2D eigenvalue weighted by molar-refractivity contribution is 0.0497. The van der Waals surface area contributed by atoms with E-state index < -0.39 is 0 Å². The SMILES string of the molecule is O=C(OCCCCCCCCCO)c1ccccc1. The van der Waals surface area contributed by atoms with Crippen molar-refractivity contribution in [2.75, 3.05) is 13.2 Å². The van der Waals surface area contributed by atoms with Crippen LogP contribution in [0.1, 0.15) is 55.3 Å². The normalized spacial score (nSPS) is 10.4. The third kappa shape index (κ3) is 7.62. The van der Waals surface area contributed by atoms with Gasteiger partial charge < -0.3 is 9.84 Å². The molecule has 0 aliphatic carbocycles. The van der Waals surface area contributed by atoms with Crippen LogP contribution in [0.5, 0.6) is 0 Å². The highest BCUT2D eigenvalue weighted by atomic mass is 16.5. The Morgan fingerprint density at radius 1 is 0.895 bits per heavy atom. The summed E-state index contributed by atoms with van der Waals surface area (Å²) in [6.45, 7) is 0.805. The Kier molecular flexibility index (Phi) is 8.73. The van der Waals surface area contributed by atoms with Crippen LogP contribution in [0.15, 0.2) is 30.3 Å². The molecule has 1 rings (SSSR count). The van der Waals surface area contributed by atoms with Crippen molar-refractivity contribution in [3.05, 3.63) is 35.9 Å². The summed E-state index contributed by atoms with van der Waals surface area (Å²) in [4.78, 5) is 11.6. The van der Waals surface area contributed by atoms with Crippen molar-refractivity contribution < 1.29 is 14.6 Å². The summed E-state index contributed by atoms with van der Waals surface area (Å²) >= 11 is 0. The number of aliphatic hydroxyl groups excluding tert-OH is 1. The van der Waals surface area contributed by atoms with Gasteiger partial charge in [-0.25, -0.2) is 4.79 Å². The quantitative estimate of drug-likeness (QED) is 0.519. The molecule has 19 heavy (non-hydrogen) atoms. The number of carbonyl (C=O) groups is 1. The molecule has 0 spiro atoms. The molecule has 3 nitrogen and oxygen atoms in total. The van der Waals surface area contributed by atoms with Crippen molar-refractivity contribution in [2.24, 2.45) is 0 Å². The molecule has 1 aromatic carbocycles. The van der Waals surface area contributed by atoms with Crippen LogP contribution in [0.3, 0.4) is 0 Å². The fourth-order valence-corrected chi connectivity index (χ4v) is 1.92. The molecular weight excluding hydrogens is 240 g/mol. The van der Waals surface area contributed by atoms with E-state index in [2.05, 4.69) is 0 Å². The number of benzene rings is 1. The highest BCUT2D eigenvalue weighted by molar-refractivity contribution is 5.89. The van der Waals surface area contributed by atoms with Crippen molar-refractivity contribution in [1.29, 1.82) is 0 Å². The minimum atomic E-state index is -0.233. The van der Waals surface area contributed by atoms with Gasteiger partial charge >= 0.3 is 5.97 Å². The van der Waals surface area contributed by atoms with Gasteiger partial charge in [-0.3, -0.25) is 0 Å².